The lowest BCUT2D eigenvalue weighted by atomic mass is 10.1. The molecule has 0 fully saturated rings. The number of methoxy groups -OCH3 is 2. The molecule has 0 saturated carbocycles. The van der Waals surface area contributed by atoms with Gasteiger partial charge in [0.1, 0.15) is 12.4 Å². The fourth-order valence-corrected chi connectivity index (χ4v) is 4.96. The van der Waals surface area contributed by atoms with E-state index in [4.69, 9.17) is 21.1 Å². The predicted octanol–water partition coefficient (Wildman–Crippen LogP) is 4.30. The van der Waals surface area contributed by atoms with Crippen LogP contribution in [-0.4, -0.2) is 88.3 Å². The van der Waals surface area contributed by atoms with Gasteiger partial charge in [-0.15, -0.1) is 0 Å². The van der Waals surface area contributed by atoms with Crippen molar-refractivity contribution in [2.24, 2.45) is 0 Å². The highest BCUT2D eigenvalue weighted by molar-refractivity contribution is 6.31. The number of halogens is 1. The highest BCUT2D eigenvalue weighted by atomic mass is 35.5. The van der Waals surface area contributed by atoms with Gasteiger partial charge in [0, 0.05) is 70.9 Å². The van der Waals surface area contributed by atoms with E-state index in [1.165, 1.54) is 7.11 Å². The molecule has 1 aliphatic rings. The number of hydrogen-bond donors (Lipinski definition) is 0. The van der Waals surface area contributed by atoms with Gasteiger partial charge < -0.3 is 24.2 Å². The first-order valence-corrected chi connectivity index (χ1v) is 13.6. The van der Waals surface area contributed by atoms with Crippen molar-refractivity contribution < 1.29 is 19.1 Å². The molecule has 2 aromatic carbocycles. The van der Waals surface area contributed by atoms with E-state index < -0.39 is 0 Å². The molecule has 2 amide bonds. The van der Waals surface area contributed by atoms with Gasteiger partial charge in [0.25, 0.3) is 5.91 Å². The molecule has 3 rings (SSSR count). The van der Waals surface area contributed by atoms with E-state index in [0.29, 0.717) is 43.7 Å². The van der Waals surface area contributed by atoms with Crippen LogP contribution < -0.4 is 14.5 Å². The van der Waals surface area contributed by atoms with Crippen LogP contribution in [0.25, 0.3) is 0 Å². The Morgan fingerprint density at radius 1 is 1.03 bits per heavy atom. The second kappa shape index (κ2) is 14.4. The van der Waals surface area contributed by atoms with Gasteiger partial charge in [0.2, 0.25) is 5.91 Å². The Labute approximate surface area is 232 Å². The van der Waals surface area contributed by atoms with E-state index in [-0.39, 0.29) is 18.4 Å². The second-order valence-electron chi connectivity index (χ2n) is 9.89. The van der Waals surface area contributed by atoms with E-state index >= 15 is 0 Å². The molecule has 0 aliphatic carbocycles. The number of benzene rings is 2. The van der Waals surface area contributed by atoms with Crippen LogP contribution in [0.1, 0.15) is 32.3 Å². The molecule has 1 aliphatic heterocycles. The highest BCUT2D eigenvalue weighted by Gasteiger charge is 2.25. The minimum atomic E-state index is -0.123. The third kappa shape index (κ3) is 7.85. The zero-order valence-electron chi connectivity index (χ0n) is 23.3. The van der Waals surface area contributed by atoms with Gasteiger partial charge in [-0.05, 0) is 50.1 Å². The molecular weight excluding hydrogens is 504 g/mol. The topological polar surface area (TPSA) is 65.6 Å². The lowest BCUT2D eigenvalue weighted by Crippen LogP contribution is -2.42. The van der Waals surface area contributed by atoms with Crippen LogP contribution >= 0.6 is 11.6 Å². The summed E-state index contributed by atoms with van der Waals surface area (Å²) in [5, 5.41) is 0.550. The number of anilines is 2. The maximum absolute atomic E-state index is 13.6. The molecule has 1 heterocycles. The number of rotatable bonds is 8. The molecule has 2 aromatic rings. The predicted molar refractivity (Wildman–Crippen MR) is 153 cm³/mol. The third-order valence-electron chi connectivity index (χ3n) is 6.99. The first-order chi connectivity index (χ1) is 18.2. The van der Waals surface area contributed by atoms with Gasteiger partial charge in [-0.2, -0.15) is 0 Å². The van der Waals surface area contributed by atoms with Crippen LogP contribution in [0.5, 0.6) is 5.75 Å². The number of hydrogen-bond acceptors (Lipinski definition) is 6. The van der Waals surface area contributed by atoms with Gasteiger partial charge in [-0.3, -0.25) is 14.5 Å². The molecule has 0 unspecified atom stereocenters. The summed E-state index contributed by atoms with van der Waals surface area (Å²) in [5.74, 6) is 0.713. The van der Waals surface area contributed by atoms with E-state index in [9.17, 15) is 9.59 Å². The molecule has 0 aromatic heterocycles. The zero-order chi connectivity index (χ0) is 27.7. The molecule has 208 valence electrons. The minimum Gasteiger partial charge on any atom is -0.495 e. The molecule has 0 radical (unpaired) electrons. The van der Waals surface area contributed by atoms with Crippen molar-refractivity contribution in [2.75, 3.05) is 70.4 Å². The Morgan fingerprint density at radius 2 is 1.79 bits per heavy atom. The fourth-order valence-electron chi connectivity index (χ4n) is 4.80. The number of carbonyl (C=O) groups is 2. The molecule has 0 spiro atoms. The van der Waals surface area contributed by atoms with Crippen LogP contribution in [-0.2, 0) is 20.9 Å². The number of para-hydroxylation sites is 2. The van der Waals surface area contributed by atoms with Crippen LogP contribution in [0.3, 0.4) is 0 Å². The maximum Gasteiger partial charge on any atom is 0.252 e. The highest BCUT2D eigenvalue weighted by Crippen LogP contribution is 2.29. The first-order valence-electron chi connectivity index (χ1n) is 13.2. The van der Waals surface area contributed by atoms with Gasteiger partial charge in [-0.1, -0.05) is 29.8 Å². The van der Waals surface area contributed by atoms with Crippen molar-refractivity contribution in [3.63, 3.8) is 0 Å². The number of fused-ring (bicyclic) bond motifs is 1. The molecule has 8 nitrogen and oxygen atoms in total. The number of amides is 2. The summed E-state index contributed by atoms with van der Waals surface area (Å²) in [6.07, 6.45) is 1.16. The van der Waals surface area contributed by atoms with Gasteiger partial charge in [-0.25, -0.2) is 0 Å². The van der Waals surface area contributed by atoms with Crippen molar-refractivity contribution in [1.82, 2.24) is 9.80 Å². The minimum absolute atomic E-state index is 0.0161. The molecular formula is C29H41ClN4O4. The van der Waals surface area contributed by atoms with E-state index in [2.05, 4.69) is 18.7 Å². The second-order valence-corrected chi connectivity index (χ2v) is 10.3. The van der Waals surface area contributed by atoms with Gasteiger partial charge in [0.05, 0.1) is 18.5 Å². The van der Waals surface area contributed by atoms with Crippen LogP contribution in [0.15, 0.2) is 42.5 Å². The monoisotopic (exact) mass is 544 g/mol. The Morgan fingerprint density at radius 3 is 2.50 bits per heavy atom. The summed E-state index contributed by atoms with van der Waals surface area (Å²) >= 11 is 6.38. The Kier molecular flexibility index (Phi) is 11.2. The average Bonchev–Trinajstić information content (AvgIpc) is 2.94. The molecule has 0 bridgehead atoms. The SMILES string of the molecule is COCC(=O)N1CCCN(C(C)C)CCN(C(=O)CCN(C)c2ccccc2OC)Cc2ccc(Cl)cc21. The van der Waals surface area contributed by atoms with Crippen molar-refractivity contribution in [2.45, 2.75) is 39.3 Å². The normalized spacial score (nSPS) is 15.1. The molecule has 0 atom stereocenters. The smallest absolute Gasteiger partial charge is 0.252 e. The fraction of sp³-hybridized carbons (Fsp3) is 0.517. The Balaban J connectivity index is 1.87. The number of carbonyl (C=O) groups excluding carboxylic acids is 2. The van der Waals surface area contributed by atoms with E-state index in [1.54, 1.807) is 12.0 Å². The summed E-state index contributed by atoms with van der Waals surface area (Å²) in [5.41, 5.74) is 2.57. The van der Waals surface area contributed by atoms with Crippen LogP contribution in [0, 0.1) is 0 Å². The number of ether oxygens (including phenoxy) is 2. The Hall–Kier alpha value is -2.81. The van der Waals surface area contributed by atoms with Gasteiger partial charge in [0.15, 0.2) is 0 Å². The quantitative estimate of drug-likeness (QED) is 0.494. The van der Waals surface area contributed by atoms with Crippen LogP contribution in [0.2, 0.25) is 5.02 Å². The first kappa shape index (κ1) is 29.7. The summed E-state index contributed by atoms with van der Waals surface area (Å²) in [7, 11) is 5.14. The molecule has 9 heteroatoms. The molecule has 0 saturated heterocycles. The Bertz CT molecular complexity index is 1080. The van der Waals surface area contributed by atoms with Crippen molar-refractivity contribution in [3.05, 3.63) is 53.1 Å². The standard InChI is InChI=1S/C29H41ClN4O4/c1-22(2)32-14-8-15-34(29(36)21-37-4)26-19-24(30)12-11-23(26)20-33(18-17-32)28(35)13-16-31(3)25-9-6-7-10-27(25)38-5/h6-7,9-12,19,22H,8,13-18,20-21H2,1-5H3. The van der Waals surface area contributed by atoms with E-state index in [1.807, 2.05) is 59.3 Å². The lowest BCUT2D eigenvalue weighted by molar-refractivity contribution is -0.132. The third-order valence-corrected chi connectivity index (χ3v) is 7.23. The van der Waals surface area contributed by atoms with E-state index in [0.717, 1.165) is 42.2 Å². The molecule has 38 heavy (non-hydrogen) atoms. The van der Waals surface area contributed by atoms with Crippen molar-refractivity contribution in [1.29, 1.82) is 0 Å². The summed E-state index contributed by atoms with van der Waals surface area (Å²) in [4.78, 5) is 34.8. The zero-order valence-corrected chi connectivity index (χ0v) is 24.0. The lowest BCUT2D eigenvalue weighted by Gasteiger charge is -2.30. The average molecular weight is 545 g/mol. The number of nitrogens with zero attached hydrogens (tertiary/aromatic N) is 4. The largest absolute Gasteiger partial charge is 0.495 e. The molecule has 0 N–H and O–H groups in total. The van der Waals surface area contributed by atoms with Gasteiger partial charge >= 0.3 is 0 Å². The van der Waals surface area contributed by atoms with Crippen molar-refractivity contribution >= 4 is 34.8 Å². The maximum atomic E-state index is 13.6. The van der Waals surface area contributed by atoms with Crippen LogP contribution in [0.4, 0.5) is 11.4 Å². The summed E-state index contributed by atoms with van der Waals surface area (Å²) in [6, 6.07) is 13.7. The summed E-state index contributed by atoms with van der Waals surface area (Å²) < 4.78 is 10.7. The van der Waals surface area contributed by atoms with Crippen molar-refractivity contribution in [3.8, 4) is 5.75 Å². The summed E-state index contributed by atoms with van der Waals surface area (Å²) in [6.45, 7) is 8.00.